The van der Waals surface area contributed by atoms with Crippen LogP contribution < -0.4 is 14.5 Å². The standard InChI is InChI=1S/C19H17BrN4O2/c1-3-23-18-17-15(21-11-22-18)8-13(20)9-16(17)24(19(23)25)10-12-4-6-14(26-2)7-5-12/h4-9,11H,3,10H2,1-2H3. The topological polar surface area (TPSA) is 58.6 Å². The van der Waals surface area contributed by atoms with Crippen LogP contribution in [0.5, 0.6) is 5.75 Å². The maximum Gasteiger partial charge on any atom is 0.330 e. The summed E-state index contributed by atoms with van der Waals surface area (Å²) >= 11 is 3.53. The van der Waals surface area contributed by atoms with Crippen molar-refractivity contribution >= 4 is 44.4 Å². The number of carbonyl (C=O) groups is 1. The van der Waals surface area contributed by atoms with Gasteiger partial charge in [-0.3, -0.25) is 9.80 Å². The maximum atomic E-state index is 13.1. The summed E-state index contributed by atoms with van der Waals surface area (Å²) in [7, 11) is 1.64. The first kappa shape index (κ1) is 16.8. The average molecular weight is 413 g/mol. The lowest BCUT2D eigenvalue weighted by Crippen LogP contribution is -2.46. The molecule has 4 rings (SSSR count). The molecule has 0 fully saturated rings. The summed E-state index contributed by atoms with van der Waals surface area (Å²) in [6.45, 7) is 2.94. The number of carbonyl (C=O) groups excluding carboxylic acids is 1. The number of nitrogens with zero attached hydrogens (tertiary/aromatic N) is 4. The highest BCUT2D eigenvalue weighted by molar-refractivity contribution is 9.10. The minimum Gasteiger partial charge on any atom is -0.497 e. The van der Waals surface area contributed by atoms with Gasteiger partial charge in [0.2, 0.25) is 0 Å². The Kier molecular flexibility index (Phi) is 4.24. The van der Waals surface area contributed by atoms with Crippen LogP contribution in [-0.2, 0) is 6.54 Å². The fraction of sp³-hybridized carbons (Fsp3) is 0.211. The van der Waals surface area contributed by atoms with Crippen LogP contribution in [0.3, 0.4) is 0 Å². The summed E-state index contributed by atoms with van der Waals surface area (Å²) in [4.78, 5) is 25.4. The normalized spacial score (nSPS) is 13.4. The van der Waals surface area contributed by atoms with E-state index in [1.807, 2.05) is 43.3 Å². The van der Waals surface area contributed by atoms with E-state index in [4.69, 9.17) is 4.74 Å². The monoisotopic (exact) mass is 412 g/mol. The maximum absolute atomic E-state index is 13.1. The SMILES string of the molecule is CCN1C(=O)N(Cc2ccc(OC)cc2)c2cc(Br)cc3ncnc1c23. The third-order valence-corrected chi connectivity index (χ3v) is 4.94. The Balaban J connectivity index is 1.85. The van der Waals surface area contributed by atoms with E-state index in [-0.39, 0.29) is 6.03 Å². The molecule has 2 amide bonds. The van der Waals surface area contributed by atoms with E-state index >= 15 is 0 Å². The van der Waals surface area contributed by atoms with Crippen molar-refractivity contribution in [3.63, 3.8) is 0 Å². The molecule has 0 saturated carbocycles. The molecule has 0 bridgehead atoms. The van der Waals surface area contributed by atoms with Gasteiger partial charge in [-0.15, -0.1) is 0 Å². The summed E-state index contributed by atoms with van der Waals surface area (Å²) in [5, 5.41) is 0.894. The fourth-order valence-electron chi connectivity index (χ4n) is 3.23. The average Bonchev–Trinajstić information content (AvgIpc) is 2.65. The zero-order chi connectivity index (χ0) is 18.3. The number of hydrogen-bond acceptors (Lipinski definition) is 4. The third-order valence-electron chi connectivity index (χ3n) is 4.49. The first-order valence-electron chi connectivity index (χ1n) is 8.28. The molecule has 1 aliphatic rings. The number of ether oxygens (including phenoxy) is 1. The van der Waals surface area contributed by atoms with Crippen LogP contribution >= 0.6 is 15.9 Å². The predicted octanol–water partition coefficient (Wildman–Crippen LogP) is 4.37. The van der Waals surface area contributed by atoms with E-state index in [1.165, 1.54) is 6.33 Å². The molecule has 0 saturated heterocycles. The lowest BCUT2D eigenvalue weighted by atomic mass is 10.1. The second kappa shape index (κ2) is 6.57. The molecule has 2 aromatic carbocycles. The van der Waals surface area contributed by atoms with Gasteiger partial charge in [0, 0.05) is 11.0 Å². The van der Waals surface area contributed by atoms with E-state index in [1.54, 1.807) is 16.9 Å². The summed E-state index contributed by atoms with van der Waals surface area (Å²) < 4.78 is 6.09. The van der Waals surface area contributed by atoms with Gasteiger partial charge in [-0.1, -0.05) is 28.1 Å². The second-order valence-electron chi connectivity index (χ2n) is 5.98. The minimum absolute atomic E-state index is 0.0890. The van der Waals surface area contributed by atoms with Crippen LogP contribution in [0.15, 0.2) is 47.2 Å². The molecule has 0 spiro atoms. The van der Waals surface area contributed by atoms with Gasteiger partial charge in [0.15, 0.2) is 0 Å². The largest absolute Gasteiger partial charge is 0.497 e. The Morgan fingerprint density at radius 2 is 1.88 bits per heavy atom. The van der Waals surface area contributed by atoms with Crippen molar-refractivity contribution in [1.82, 2.24) is 9.97 Å². The molecule has 2 heterocycles. The number of benzene rings is 2. The first-order chi connectivity index (χ1) is 12.6. The third kappa shape index (κ3) is 2.68. The molecule has 1 aliphatic heterocycles. The molecule has 0 N–H and O–H groups in total. The summed E-state index contributed by atoms with van der Waals surface area (Å²) in [6, 6.07) is 11.5. The number of methoxy groups -OCH3 is 1. The van der Waals surface area contributed by atoms with Crippen LogP contribution in [0.1, 0.15) is 12.5 Å². The van der Waals surface area contributed by atoms with Crippen LogP contribution in [0.2, 0.25) is 0 Å². The molecule has 0 atom stereocenters. The molecular formula is C19H17BrN4O2. The molecule has 6 nitrogen and oxygen atoms in total. The predicted molar refractivity (Wildman–Crippen MR) is 105 cm³/mol. The Labute approximate surface area is 159 Å². The van der Waals surface area contributed by atoms with Crippen LogP contribution in [0.25, 0.3) is 10.9 Å². The number of aromatic nitrogens is 2. The van der Waals surface area contributed by atoms with Crippen molar-refractivity contribution < 1.29 is 9.53 Å². The molecule has 132 valence electrons. The first-order valence-corrected chi connectivity index (χ1v) is 9.08. The molecule has 0 unspecified atom stereocenters. The molecular weight excluding hydrogens is 396 g/mol. The Morgan fingerprint density at radius 3 is 2.58 bits per heavy atom. The minimum atomic E-state index is -0.0890. The number of urea groups is 1. The van der Waals surface area contributed by atoms with Gasteiger partial charge in [0.25, 0.3) is 0 Å². The van der Waals surface area contributed by atoms with Crippen molar-refractivity contribution in [2.45, 2.75) is 13.5 Å². The highest BCUT2D eigenvalue weighted by atomic mass is 79.9. The molecule has 7 heteroatoms. The zero-order valence-corrected chi connectivity index (χ0v) is 16.0. The van der Waals surface area contributed by atoms with Crippen molar-refractivity contribution in [2.24, 2.45) is 0 Å². The Morgan fingerprint density at radius 1 is 1.12 bits per heavy atom. The summed E-state index contributed by atoms with van der Waals surface area (Å²) in [5.41, 5.74) is 2.64. The number of rotatable bonds is 4. The van der Waals surface area contributed by atoms with Crippen molar-refractivity contribution in [1.29, 1.82) is 0 Å². The second-order valence-corrected chi connectivity index (χ2v) is 6.89. The van der Waals surface area contributed by atoms with E-state index in [2.05, 4.69) is 25.9 Å². The van der Waals surface area contributed by atoms with Gasteiger partial charge in [-0.25, -0.2) is 14.8 Å². The van der Waals surface area contributed by atoms with E-state index in [9.17, 15) is 4.79 Å². The fourth-order valence-corrected chi connectivity index (χ4v) is 3.66. The quantitative estimate of drug-likeness (QED) is 0.638. The van der Waals surface area contributed by atoms with Crippen molar-refractivity contribution in [2.75, 3.05) is 23.5 Å². The lowest BCUT2D eigenvalue weighted by Gasteiger charge is -2.35. The van der Waals surface area contributed by atoms with Gasteiger partial charge in [-0.2, -0.15) is 0 Å². The molecule has 26 heavy (non-hydrogen) atoms. The van der Waals surface area contributed by atoms with Crippen LogP contribution in [0, 0.1) is 0 Å². The van der Waals surface area contributed by atoms with E-state index in [0.29, 0.717) is 18.9 Å². The Bertz CT molecular complexity index is 991. The zero-order valence-electron chi connectivity index (χ0n) is 14.4. The van der Waals surface area contributed by atoms with Gasteiger partial charge in [0.1, 0.15) is 17.9 Å². The van der Waals surface area contributed by atoms with Gasteiger partial charge in [0.05, 0.1) is 30.2 Å². The van der Waals surface area contributed by atoms with Gasteiger partial charge >= 0.3 is 6.03 Å². The number of amides is 2. The van der Waals surface area contributed by atoms with Gasteiger partial charge in [-0.05, 0) is 36.8 Å². The highest BCUT2D eigenvalue weighted by Gasteiger charge is 2.33. The van der Waals surface area contributed by atoms with Gasteiger partial charge < -0.3 is 4.74 Å². The number of halogens is 1. The molecule has 0 aliphatic carbocycles. The van der Waals surface area contributed by atoms with Crippen molar-refractivity contribution in [3.8, 4) is 5.75 Å². The molecule has 0 radical (unpaired) electrons. The molecule has 3 aromatic rings. The molecule has 1 aromatic heterocycles. The van der Waals surface area contributed by atoms with E-state index in [0.717, 1.165) is 32.4 Å². The van der Waals surface area contributed by atoms with Crippen LogP contribution in [0.4, 0.5) is 16.3 Å². The lowest BCUT2D eigenvalue weighted by molar-refractivity contribution is 0.251. The summed E-state index contributed by atoms with van der Waals surface area (Å²) in [5.74, 6) is 1.45. The smallest absolute Gasteiger partial charge is 0.330 e. The Hall–Kier alpha value is -2.67. The summed E-state index contributed by atoms with van der Waals surface area (Å²) in [6.07, 6.45) is 1.50. The van der Waals surface area contributed by atoms with Crippen LogP contribution in [-0.4, -0.2) is 29.7 Å². The van der Waals surface area contributed by atoms with Crippen molar-refractivity contribution in [3.05, 3.63) is 52.8 Å². The highest BCUT2D eigenvalue weighted by Crippen LogP contribution is 2.40. The number of hydrogen-bond donors (Lipinski definition) is 0. The number of anilines is 2. The van der Waals surface area contributed by atoms with E-state index < -0.39 is 0 Å².